The molecule has 0 bridgehead atoms. The van der Waals surface area contributed by atoms with Gasteiger partial charge < -0.3 is 9.80 Å². The lowest BCUT2D eigenvalue weighted by atomic mass is 10.7. The molecule has 0 aromatic rings. The average Bonchev–Trinajstić information content (AvgIpc) is 2.78. The zero-order chi connectivity index (χ0) is 10.7. The highest BCUT2D eigenvalue weighted by Crippen LogP contribution is 2.17. The Morgan fingerprint density at radius 2 is 1.47 bits per heavy atom. The van der Waals surface area contributed by atoms with Crippen molar-refractivity contribution < 1.29 is 0 Å². The lowest BCUT2D eigenvalue weighted by Crippen LogP contribution is -2.20. The van der Waals surface area contributed by atoms with Crippen molar-refractivity contribution in [3.05, 3.63) is 0 Å². The fraction of sp³-hybridized carbons (Fsp3) is 0.778. The number of amidine groups is 2. The van der Waals surface area contributed by atoms with Crippen LogP contribution in [0.1, 0.15) is 0 Å². The van der Waals surface area contributed by atoms with Crippen LogP contribution in [-0.4, -0.2) is 65.5 Å². The maximum absolute atomic E-state index is 4.48. The summed E-state index contributed by atoms with van der Waals surface area (Å²) in [6, 6.07) is 0. The van der Waals surface area contributed by atoms with Crippen LogP contribution >= 0.6 is 23.5 Å². The van der Waals surface area contributed by atoms with Crippen LogP contribution in [-0.2, 0) is 0 Å². The van der Waals surface area contributed by atoms with Gasteiger partial charge in [0.05, 0.1) is 0 Å². The molecule has 0 saturated carbocycles. The van der Waals surface area contributed by atoms with E-state index in [0.29, 0.717) is 6.67 Å². The van der Waals surface area contributed by atoms with E-state index in [1.165, 1.54) is 0 Å². The minimum atomic E-state index is 0.569. The summed E-state index contributed by atoms with van der Waals surface area (Å²) in [6.07, 6.45) is 0. The van der Waals surface area contributed by atoms with E-state index in [-0.39, 0.29) is 0 Å². The van der Waals surface area contributed by atoms with Crippen molar-refractivity contribution >= 4 is 33.9 Å². The minimum absolute atomic E-state index is 0.569. The molecule has 0 aliphatic carbocycles. The van der Waals surface area contributed by atoms with Gasteiger partial charge in [-0.05, 0) is 0 Å². The van der Waals surface area contributed by atoms with Crippen LogP contribution in [0.15, 0.2) is 9.98 Å². The van der Waals surface area contributed by atoms with Crippen molar-refractivity contribution in [2.45, 2.75) is 0 Å². The van der Waals surface area contributed by atoms with Gasteiger partial charge in [0.1, 0.15) is 6.67 Å². The van der Waals surface area contributed by atoms with E-state index in [9.17, 15) is 0 Å². The smallest absolute Gasteiger partial charge is 0.160 e. The Bertz CT molecular complexity index is 262. The first-order valence-corrected chi connectivity index (χ1v) is 7.01. The molecular formula is C9H16N4S2. The molecule has 0 unspecified atom stereocenters. The molecule has 0 aromatic carbocycles. The summed E-state index contributed by atoms with van der Waals surface area (Å²) in [6.45, 7) is 2.78. The summed E-state index contributed by atoms with van der Waals surface area (Å²) in [7, 11) is 4.17. The van der Waals surface area contributed by atoms with Crippen LogP contribution in [0.5, 0.6) is 0 Å². The average molecular weight is 244 g/mol. The second-order valence-electron chi connectivity index (χ2n) is 3.56. The molecule has 0 spiro atoms. The Hall–Kier alpha value is -0.360. The Balaban J connectivity index is 1.87. The Morgan fingerprint density at radius 3 is 1.80 bits per heavy atom. The van der Waals surface area contributed by atoms with E-state index in [1.54, 1.807) is 0 Å². The fourth-order valence-corrected chi connectivity index (χ4v) is 3.47. The second kappa shape index (κ2) is 5.12. The Morgan fingerprint density at radius 1 is 1.00 bits per heavy atom. The van der Waals surface area contributed by atoms with Crippen LogP contribution in [0, 0.1) is 0 Å². The van der Waals surface area contributed by atoms with Gasteiger partial charge in [0.25, 0.3) is 0 Å². The molecule has 0 radical (unpaired) electrons. The minimum Gasteiger partial charge on any atom is -0.354 e. The van der Waals surface area contributed by atoms with Gasteiger partial charge in [-0.3, -0.25) is 0 Å². The van der Waals surface area contributed by atoms with Crippen LogP contribution in [0.25, 0.3) is 0 Å². The highest BCUT2D eigenvalue weighted by molar-refractivity contribution is 8.14. The zero-order valence-electron chi connectivity index (χ0n) is 9.14. The van der Waals surface area contributed by atoms with Crippen LogP contribution in [0.2, 0.25) is 0 Å². The molecule has 0 N–H and O–H groups in total. The second-order valence-corrected chi connectivity index (χ2v) is 5.69. The monoisotopic (exact) mass is 244 g/mol. The van der Waals surface area contributed by atoms with Crippen LogP contribution < -0.4 is 0 Å². The lowest BCUT2D eigenvalue weighted by Gasteiger charge is -2.10. The van der Waals surface area contributed by atoms with E-state index in [2.05, 4.69) is 33.9 Å². The van der Waals surface area contributed by atoms with Crippen molar-refractivity contribution in [2.24, 2.45) is 9.98 Å². The molecule has 2 saturated heterocycles. The molecule has 2 aliphatic heterocycles. The topological polar surface area (TPSA) is 31.2 Å². The zero-order valence-corrected chi connectivity index (χ0v) is 10.8. The van der Waals surface area contributed by atoms with Gasteiger partial charge in [-0.1, -0.05) is 23.5 Å². The van der Waals surface area contributed by atoms with Gasteiger partial charge in [0.15, 0.2) is 10.3 Å². The van der Waals surface area contributed by atoms with Gasteiger partial charge in [-0.25, -0.2) is 9.98 Å². The molecule has 0 atom stereocenters. The molecule has 2 rings (SSSR count). The first kappa shape index (κ1) is 11.1. The standard InChI is InChI=1S/C9H16N4S2/c1-12-3-5-14-8(12)10-7-11-9-13(2)4-6-15-9/h3-7H2,1-2H3. The number of hydrogen-bond donors (Lipinski definition) is 0. The molecule has 2 aliphatic rings. The van der Waals surface area contributed by atoms with Crippen LogP contribution in [0.3, 0.4) is 0 Å². The molecule has 15 heavy (non-hydrogen) atoms. The van der Waals surface area contributed by atoms with Gasteiger partial charge >= 0.3 is 0 Å². The maximum Gasteiger partial charge on any atom is 0.160 e. The molecule has 6 heteroatoms. The third kappa shape index (κ3) is 2.81. The number of nitrogens with zero attached hydrogens (tertiary/aromatic N) is 4. The van der Waals surface area contributed by atoms with E-state index in [1.807, 2.05) is 23.5 Å². The number of aliphatic imine (C=N–C) groups is 2. The molecule has 0 aromatic heterocycles. The number of thioether (sulfide) groups is 2. The highest BCUT2D eigenvalue weighted by atomic mass is 32.2. The fourth-order valence-electron chi connectivity index (χ4n) is 1.45. The maximum atomic E-state index is 4.48. The van der Waals surface area contributed by atoms with E-state index in [0.717, 1.165) is 34.9 Å². The summed E-state index contributed by atoms with van der Waals surface area (Å²) in [4.78, 5) is 13.3. The summed E-state index contributed by atoms with van der Waals surface area (Å²) < 4.78 is 0. The van der Waals surface area contributed by atoms with Gasteiger partial charge in [-0.15, -0.1) is 0 Å². The third-order valence-corrected chi connectivity index (χ3v) is 4.55. The van der Waals surface area contributed by atoms with E-state index in [4.69, 9.17) is 0 Å². The quantitative estimate of drug-likeness (QED) is 0.725. The first-order chi connectivity index (χ1) is 7.27. The van der Waals surface area contributed by atoms with Crippen molar-refractivity contribution in [1.82, 2.24) is 9.80 Å². The molecule has 2 heterocycles. The third-order valence-electron chi connectivity index (χ3n) is 2.38. The number of hydrogen-bond acceptors (Lipinski definition) is 4. The number of rotatable bonds is 2. The Labute approximate surface area is 99.2 Å². The predicted octanol–water partition coefficient (Wildman–Crippen LogP) is 1.01. The largest absolute Gasteiger partial charge is 0.354 e. The summed E-state index contributed by atoms with van der Waals surface area (Å²) in [5.74, 6) is 2.31. The SMILES string of the molecule is CN1CCSC1=NCN=C1SCCN1C. The molecular weight excluding hydrogens is 228 g/mol. The van der Waals surface area contributed by atoms with Gasteiger partial charge in [-0.2, -0.15) is 0 Å². The van der Waals surface area contributed by atoms with Crippen molar-refractivity contribution in [1.29, 1.82) is 0 Å². The first-order valence-electron chi connectivity index (χ1n) is 5.04. The van der Waals surface area contributed by atoms with Gasteiger partial charge in [0.2, 0.25) is 0 Å². The van der Waals surface area contributed by atoms with Gasteiger partial charge in [0, 0.05) is 38.7 Å². The summed E-state index contributed by atoms with van der Waals surface area (Å²) in [5.41, 5.74) is 0. The van der Waals surface area contributed by atoms with E-state index >= 15 is 0 Å². The lowest BCUT2D eigenvalue weighted by molar-refractivity contribution is 0.556. The Kier molecular flexibility index (Phi) is 3.80. The molecule has 4 nitrogen and oxygen atoms in total. The van der Waals surface area contributed by atoms with Crippen molar-refractivity contribution in [2.75, 3.05) is 45.4 Å². The summed E-state index contributed by atoms with van der Waals surface area (Å²) in [5, 5.41) is 2.26. The predicted molar refractivity (Wildman–Crippen MR) is 69.9 cm³/mol. The molecule has 2 fully saturated rings. The molecule has 0 amide bonds. The molecule has 84 valence electrons. The van der Waals surface area contributed by atoms with Crippen LogP contribution in [0.4, 0.5) is 0 Å². The van der Waals surface area contributed by atoms with Crippen molar-refractivity contribution in [3.63, 3.8) is 0 Å². The van der Waals surface area contributed by atoms with E-state index < -0.39 is 0 Å². The summed E-state index contributed by atoms with van der Waals surface area (Å²) >= 11 is 3.64. The highest BCUT2D eigenvalue weighted by Gasteiger charge is 2.15. The van der Waals surface area contributed by atoms with Crippen molar-refractivity contribution in [3.8, 4) is 0 Å². The normalized spacial score (nSPS) is 27.3.